The Morgan fingerprint density at radius 2 is 2.05 bits per heavy atom. The van der Waals surface area contributed by atoms with Gasteiger partial charge in [0, 0.05) is 22.0 Å². The van der Waals surface area contributed by atoms with Crippen molar-refractivity contribution in [3.63, 3.8) is 0 Å². The number of halogens is 1. The van der Waals surface area contributed by atoms with Gasteiger partial charge in [0.05, 0.1) is 11.8 Å². The predicted molar refractivity (Wildman–Crippen MR) is 83.1 cm³/mol. The molecule has 0 bridgehead atoms. The normalized spacial score (nSPS) is 23.2. The fraction of sp³-hybridized carbons (Fsp3) is 0.400. The molecule has 1 aromatic rings. The van der Waals surface area contributed by atoms with E-state index in [9.17, 15) is 13.2 Å². The number of sulfone groups is 1. The van der Waals surface area contributed by atoms with Crippen LogP contribution in [-0.4, -0.2) is 26.1 Å². The second-order valence-corrected chi connectivity index (χ2v) is 7.98. The van der Waals surface area contributed by atoms with E-state index in [-0.39, 0.29) is 17.6 Å². The zero-order chi connectivity index (χ0) is 15.2. The molecule has 1 atom stereocenters. The van der Waals surface area contributed by atoms with Gasteiger partial charge in [-0.05, 0) is 43.5 Å². The van der Waals surface area contributed by atoms with Crippen LogP contribution in [0.15, 0.2) is 29.7 Å². The third kappa shape index (κ3) is 2.99. The molecular weight excluding hydrogens is 310 g/mol. The van der Waals surface area contributed by atoms with Crippen LogP contribution in [0.25, 0.3) is 0 Å². The Balaban J connectivity index is 1.98. The summed E-state index contributed by atoms with van der Waals surface area (Å²) in [4.78, 5) is 14.1. The van der Waals surface area contributed by atoms with Crippen LogP contribution < -0.4 is 4.90 Å². The first kappa shape index (κ1) is 14.6. The molecule has 1 aliphatic carbocycles. The number of nitrogens with zero attached hydrogens (tertiary/aromatic N) is 1. The Morgan fingerprint density at radius 1 is 1.33 bits per heavy atom. The van der Waals surface area contributed by atoms with Gasteiger partial charge in [0.1, 0.15) is 0 Å². The van der Waals surface area contributed by atoms with Gasteiger partial charge in [-0.1, -0.05) is 17.7 Å². The topological polar surface area (TPSA) is 54.5 Å². The largest absolute Gasteiger partial charge is 0.304 e. The minimum absolute atomic E-state index is 0.0123. The molecule has 1 saturated carbocycles. The molecule has 21 heavy (non-hydrogen) atoms. The second-order valence-electron chi connectivity index (χ2n) is 5.64. The summed E-state index contributed by atoms with van der Waals surface area (Å²) >= 11 is 6.15. The lowest BCUT2D eigenvalue weighted by Gasteiger charge is -2.28. The Morgan fingerprint density at radius 3 is 2.57 bits per heavy atom. The summed E-state index contributed by atoms with van der Waals surface area (Å²) in [6.07, 6.45) is 3.33. The molecule has 1 aromatic carbocycles. The summed E-state index contributed by atoms with van der Waals surface area (Å²) in [6.45, 7) is 1.89. The molecule has 6 heteroatoms. The van der Waals surface area contributed by atoms with Gasteiger partial charge < -0.3 is 4.90 Å². The lowest BCUT2D eigenvalue weighted by atomic mass is 10.1. The number of carbonyl (C=O) groups is 1. The highest BCUT2D eigenvalue weighted by Gasteiger charge is 2.39. The first-order valence-corrected chi connectivity index (χ1v) is 8.97. The van der Waals surface area contributed by atoms with Gasteiger partial charge in [-0.15, -0.1) is 0 Å². The number of rotatable bonds is 3. The van der Waals surface area contributed by atoms with E-state index in [2.05, 4.69) is 0 Å². The Hall–Kier alpha value is -1.33. The quantitative estimate of drug-likeness (QED) is 0.858. The third-order valence-electron chi connectivity index (χ3n) is 3.84. The third-order valence-corrected chi connectivity index (χ3v) is 5.63. The molecule has 112 valence electrons. The van der Waals surface area contributed by atoms with E-state index in [1.165, 1.54) is 5.41 Å². The summed E-state index contributed by atoms with van der Waals surface area (Å²) < 4.78 is 23.3. The smallest absolute Gasteiger partial charge is 0.230 e. The maximum Gasteiger partial charge on any atom is 0.230 e. The zero-order valence-electron chi connectivity index (χ0n) is 11.6. The van der Waals surface area contributed by atoms with Gasteiger partial charge in [0.2, 0.25) is 5.91 Å². The van der Waals surface area contributed by atoms with Crippen molar-refractivity contribution in [2.24, 2.45) is 5.92 Å². The van der Waals surface area contributed by atoms with E-state index in [1.807, 2.05) is 19.1 Å². The first-order valence-electron chi connectivity index (χ1n) is 6.87. The van der Waals surface area contributed by atoms with E-state index in [0.29, 0.717) is 10.7 Å². The maximum absolute atomic E-state index is 12.6. The number of benzene rings is 1. The van der Waals surface area contributed by atoms with Crippen molar-refractivity contribution in [1.82, 2.24) is 0 Å². The highest BCUT2D eigenvalue weighted by Crippen LogP contribution is 2.36. The van der Waals surface area contributed by atoms with E-state index >= 15 is 0 Å². The van der Waals surface area contributed by atoms with Gasteiger partial charge in [0.25, 0.3) is 0 Å². The molecule has 1 fully saturated rings. The molecule has 0 radical (unpaired) electrons. The second kappa shape index (κ2) is 5.14. The van der Waals surface area contributed by atoms with Crippen molar-refractivity contribution in [2.45, 2.75) is 25.8 Å². The van der Waals surface area contributed by atoms with Crippen LogP contribution in [0.2, 0.25) is 5.02 Å². The van der Waals surface area contributed by atoms with E-state index < -0.39 is 15.9 Å². The average Bonchev–Trinajstić information content (AvgIpc) is 3.19. The van der Waals surface area contributed by atoms with E-state index in [0.717, 1.165) is 18.4 Å². The molecule has 1 heterocycles. The van der Waals surface area contributed by atoms with E-state index in [1.54, 1.807) is 17.0 Å². The number of hydrogen-bond acceptors (Lipinski definition) is 3. The number of amides is 1. The highest BCUT2D eigenvalue weighted by atomic mass is 35.5. The monoisotopic (exact) mass is 325 g/mol. The molecule has 1 aliphatic heterocycles. The SMILES string of the molecule is Cc1ccc(N(C(=O)C2CC2)[C@@H]2C=CS(=O)(=O)C2)cc1Cl. The lowest BCUT2D eigenvalue weighted by molar-refractivity contribution is -0.120. The number of anilines is 1. The van der Waals surface area contributed by atoms with Gasteiger partial charge in [-0.2, -0.15) is 0 Å². The van der Waals surface area contributed by atoms with Crippen LogP contribution in [0.4, 0.5) is 5.69 Å². The maximum atomic E-state index is 12.6. The molecule has 0 spiro atoms. The molecule has 0 N–H and O–H groups in total. The van der Waals surface area contributed by atoms with Crippen molar-refractivity contribution in [3.8, 4) is 0 Å². The van der Waals surface area contributed by atoms with Crippen molar-refractivity contribution >= 4 is 33.0 Å². The van der Waals surface area contributed by atoms with Gasteiger partial charge >= 0.3 is 0 Å². The molecule has 1 amide bonds. The zero-order valence-corrected chi connectivity index (χ0v) is 13.2. The minimum atomic E-state index is -3.21. The Kier molecular flexibility index (Phi) is 3.58. The van der Waals surface area contributed by atoms with Crippen molar-refractivity contribution < 1.29 is 13.2 Å². The Labute approximate surface area is 129 Å². The fourth-order valence-electron chi connectivity index (χ4n) is 2.46. The fourth-order valence-corrected chi connectivity index (χ4v) is 3.90. The van der Waals surface area contributed by atoms with Crippen LogP contribution in [0.5, 0.6) is 0 Å². The van der Waals surface area contributed by atoms with Gasteiger partial charge in [-0.25, -0.2) is 8.42 Å². The number of carbonyl (C=O) groups excluding carboxylic acids is 1. The van der Waals surface area contributed by atoms with E-state index in [4.69, 9.17) is 11.6 Å². The molecular formula is C15H16ClNO3S. The van der Waals surface area contributed by atoms with Gasteiger partial charge in [0.15, 0.2) is 9.84 Å². The molecule has 4 nitrogen and oxygen atoms in total. The van der Waals surface area contributed by atoms with Crippen LogP contribution >= 0.6 is 11.6 Å². The van der Waals surface area contributed by atoms with Crippen molar-refractivity contribution in [2.75, 3.05) is 10.7 Å². The summed E-state index contributed by atoms with van der Waals surface area (Å²) in [5, 5.41) is 1.77. The molecule has 2 aliphatic rings. The molecule has 0 saturated heterocycles. The standard InChI is InChI=1S/C15H16ClNO3S/c1-10-2-5-12(8-14(10)16)17(15(18)11-3-4-11)13-6-7-21(19,20)9-13/h2,5-8,11,13H,3-4,9H2,1H3/t13-/m1/s1. The highest BCUT2D eigenvalue weighted by molar-refractivity contribution is 7.94. The molecule has 0 aromatic heterocycles. The number of hydrogen-bond donors (Lipinski definition) is 0. The minimum Gasteiger partial charge on any atom is -0.304 e. The van der Waals surface area contributed by atoms with Crippen molar-refractivity contribution in [3.05, 3.63) is 40.3 Å². The lowest BCUT2D eigenvalue weighted by Crippen LogP contribution is -2.42. The van der Waals surface area contributed by atoms with Crippen LogP contribution in [0, 0.1) is 12.8 Å². The molecule has 0 unspecified atom stereocenters. The molecule has 3 rings (SSSR count). The van der Waals surface area contributed by atoms with Crippen LogP contribution in [-0.2, 0) is 14.6 Å². The van der Waals surface area contributed by atoms with Crippen LogP contribution in [0.3, 0.4) is 0 Å². The summed E-state index contributed by atoms with van der Waals surface area (Å²) in [5.41, 5.74) is 1.59. The number of aryl methyl sites for hydroxylation is 1. The summed E-state index contributed by atoms with van der Waals surface area (Å²) in [6, 6.07) is 4.95. The first-order chi connectivity index (χ1) is 9.87. The van der Waals surface area contributed by atoms with Gasteiger partial charge in [-0.3, -0.25) is 4.79 Å². The van der Waals surface area contributed by atoms with Crippen LogP contribution in [0.1, 0.15) is 18.4 Å². The summed E-state index contributed by atoms with van der Waals surface area (Å²) in [5.74, 6) is -0.0554. The predicted octanol–water partition coefficient (Wildman–Crippen LogP) is 2.70. The Bertz CT molecular complexity index is 722. The average molecular weight is 326 g/mol. The summed E-state index contributed by atoms with van der Waals surface area (Å²) in [7, 11) is -3.21. The van der Waals surface area contributed by atoms with Crippen molar-refractivity contribution in [1.29, 1.82) is 0 Å².